The van der Waals surface area contributed by atoms with Crippen LogP contribution in [0.4, 0.5) is 11.5 Å². The predicted molar refractivity (Wildman–Crippen MR) is 91.4 cm³/mol. The van der Waals surface area contributed by atoms with Crippen LogP contribution in [0.2, 0.25) is 5.02 Å². The van der Waals surface area contributed by atoms with Gasteiger partial charge in [0.05, 0.1) is 12.8 Å². The average molecular weight is 343 g/mol. The Morgan fingerprint density at radius 2 is 2.12 bits per heavy atom. The first-order chi connectivity index (χ1) is 11.6. The lowest BCUT2D eigenvalue weighted by Crippen LogP contribution is -2.23. The van der Waals surface area contributed by atoms with Gasteiger partial charge in [0.15, 0.2) is 0 Å². The third kappa shape index (κ3) is 3.72. The van der Waals surface area contributed by atoms with E-state index in [1.54, 1.807) is 24.5 Å². The number of nitrogens with one attached hydrogen (secondary N) is 2. The number of furan rings is 1. The molecule has 122 valence electrons. The van der Waals surface area contributed by atoms with Gasteiger partial charge in [0.25, 0.3) is 5.91 Å². The van der Waals surface area contributed by atoms with Gasteiger partial charge in [-0.1, -0.05) is 17.7 Å². The van der Waals surface area contributed by atoms with Gasteiger partial charge in [-0.2, -0.15) is 0 Å². The number of halogens is 1. The van der Waals surface area contributed by atoms with Gasteiger partial charge in [0.1, 0.15) is 23.6 Å². The Kier molecular flexibility index (Phi) is 4.77. The van der Waals surface area contributed by atoms with Gasteiger partial charge in [-0.15, -0.1) is 0 Å². The normalized spacial score (nSPS) is 10.4. The molecule has 0 unspecified atom stereocenters. The molecule has 2 aromatic heterocycles. The molecule has 24 heavy (non-hydrogen) atoms. The fourth-order valence-corrected chi connectivity index (χ4v) is 2.28. The predicted octanol–water partition coefficient (Wildman–Crippen LogP) is 3.71. The molecule has 1 aromatic carbocycles. The summed E-state index contributed by atoms with van der Waals surface area (Å²) in [5, 5.41) is 6.54. The van der Waals surface area contributed by atoms with Crippen molar-refractivity contribution in [3.05, 3.63) is 71.0 Å². The van der Waals surface area contributed by atoms with Crippen molar-refractivity contribution in [2.75, 3.05) is 5.32 Å². The van der Waals surface area contributed by atoms with E-state index in [0.717, 1.165) is 11.3 Å². The van der Waals surface area contributed by atoms with Crippen molar-refractivity contribution in [1.82, 2.24) is 15.3 Å². The van der Waals surface area contributed by atoms with Crippen molar-refractivity contribution in [2.45, 2.75) is 13.5 Å². The maximum atomic E-state index is 12.2. The van der Waals surface area contributed by atoms with Crippen molar-refractivity contribution in [3.63, 3.8) is 0 Å². The molecule has 3 rings (SSSR count). The molecular weight excluding hydrogens is 328 g/mol. The highest BCUT2D eigenvalue weighted by Crippen LogP contribution is 2.25. The highest BCUT2D eigenvalue weighted by molar-refractivity contribution is 6.31. The molecule has 0 radical (unpaired) electrons. The first-order valence-corrected chi connectivity index (χ1v) is 7.66. The SMILES string of the molecule is Cc1c(Cl)cccc1Nc1cc(C(=O)NCc2ccco2)ncn1. The minimum Gasteiger partial charge on any atom is -0.467 e. The maximum absolute atomic E-state index is 12.2. The molecule has 0 aliphatic heterocycles. The molecule has 1 amide bonds. The van der Waals surface area contributed by atoms with Gasteiger partial charge in [0, 0.05) is 16.8 Å². The third-order valence-corrected chi connectivity index (χ3v) is 3.84. The fraction of sp³-hybridized carbons (Fsp3) is 0.118. The number of rotatable bonds is 5. The summed E-state index contributed by atoms with van der Waals surface area (Å²) in [6, 6.07) is 10.7. The minimum atomic E-state index is -0.306. The quantitative estimate of drug-likeness (QED) is 0.739. The van der Waals surface area contributed by atoms with E-state index in [2.05, 4.69) is 20.6 Å². The lowest BCUT2D eigenvalue weighted by atomic mass is 10.2. The van der Waals surface area contributed by atoms with E-state index in [1.165, 1.54) is 6.33 Å². The van der Waals surface area contributed by atoms with Crippen LogP contribution < -0.4 is 10.6 Å². The lowest BCUT2D eigenvalue weighted by molar-refractivity contribution is 0.0943. The standard InChI is InChI=1S/C17H15ClN4O2/c1-11-13(18)5-2-6-14(11)22-16-8-15(20-10-21-16)17(23)19-9-12-4-3-7-24-12/h2-8,10H,9H2,1H3,(H,19,23)(H,20,21,22). The van der Waals surface area contributed by atoms with Crippen LogP contribution in [0.15, 0.2) is 53.4 Å². The molecule has 2 N–H and O–H groups in total. The number of aromatic nitrogens is 2. The monoisotopic (exact) mass is 342 g/mol. The number of anilines is 2. The van der Waals surface area contributed by atoms with E-state index in [0.29, 0.717) is 23.1 Å². The molecule has 0 saturated carbocycles. The first kappa shape index (κ1) is 16.0. The smallest absolute Gasteiger partial charge is 0.270 e. The summed E-state index contributed by atoms with van der Waals surface area (Å²) in [6.07, 6.45) is 2.89. The van der Waals surface area contributed by atoms with Crippen LogP contribution in [0.1, 0.15) is 21.8 Å². The van der Waals surface area contributed by atoms with Crippen LogP contribution in [-0.4, -0.2) is 15.9 Å². The molecular formula is C17H15ClN4O2. The Bertz CT molecular complexity index is 850. The molecule has 0 aliphatic rings. The van der Waals surface area contributed by atoms with Gasteiger partial charge in [-0.25, -0.2) is 9.97 Å². The molecule has 0 spiro atoms. The molecule has 7 heteroatoms. The Hall–Kier alpha value is -2.86. The first-order valence-electron chi connectivity index (χ1n) is 7.28. The van der Waals surface area contributed by atoms with E-state index in [-0.39, 0.29) is 11.6 Å². The number of carbonyl (C=O) groups excluding carboxylic acids is 1. The van der Waals surface area contributed by atoms with Crippen LogP contribution in [0.25, 0.3) is 0 Å². The highest BCUT2D eigenvalue weighted by Gasteiger charge is 2.10. The number of carbonyl (C=O) groups is 1. The highest BCUT2D eigenvalue weighted by atomic mass is 35.5. The second-order valence-electron chi connectivity index (χ2n) is 5.09. The summed E-state index contributed by atoms with van der Waals surface area (Å²) in [4.78, 5) is 20.3. The van der Waals surface area contributed by atoms with Gasteiger partial charge in [-0.3, -0.25) is 4.79 Å². The van der Waals surface area contributed by atoms with Crippen LogP contribution >= 0.6 is 11.6 Å². The number of benzene rings is 1. The van der Waals surface area contributed by atoms with Crippen LogP contribution in [-0.2, 0) is 6.54 Å². The molecule has 3 aromatic rings. The largest absolute Gasteiger partial charge is 0.467 e. The molecule has 2 heterocycles. The van der Waals surface area contributed by atoms with Gasteiger partial charge in [-0.05, 0) is 36.8 Å². The van der Waals surface area contributed by atoms with Crippen LogP contribution in [0.5, 0.6) is 0 Å². The Morgan fingerprint density at radius 1 is 1.25 bits per heavy atom. The van der Waals surface area contributed by atoms with E-state index >= 15 is 0 Å². The number of nitrogens with zero attached hydrogens (tertiary/aromatic N) is 2. The maximum Gasteiger partial charge on any atom is 0.270 e. The van der Waals surface area contributed by atoms with Crippen molar-refractivity contribution < 1.29 is 9.21 Å². The number of hydrogen-bond donors (Lipinski definition) is 2. The molecule has 0 bridgehead atoms. The van der Waals surface area contributed by atoms with Crippen molar-refractivity contribution >= 4 is 29.0 Å². The summed E-state index contributed by atoms with van der Waals surface area (Å²) in [5.74, 6) is 0.878. The van der Waals surface area contributed by atoms with Gasteiger partial charge in [0.2, 0.25) is 0 Å². The van der Waals surface area contributed by atoms with E-state index in [4.69, 9.17) is 16.0 Å². The molecule has 0 aliphatic carbocycles. The topological polar surface area (TPSA) is 80.0 Å². The zero-order valence-corrected chi connectivity index (χ0v) is 13.7. The molecule has 0 fully saturated rings. The third-order valence-electron chi connectivity index (χ3n) is 3.43. The van der Waals surface area contributed by atoms with E-state index < -0.39 is 0 Å². The zero-order valence-electron chi connectivity index (χ0n) is 12.9. The van der Waals surface area contributed by atoms with Crippen molar-refractivity contribution in [3.8, 4) is 0 Å². The second kappa shape index (κ2) is 7.14. The number of amides is 1. The molecule has 6 nitrogen and oxygen atoms in total. The van der Waals surface area contributed by atoms with Crippen LogP contribution in [0, 0.1) is 6.92 Å². The summed E-state index contributed by atoms with van der Waals surface area (Å²) in [5.41, 5.74) is 1.99. The second-order valence-corrected chi connectivity index (χ2v) is 5.50. The van der Waals surface area contributed by atoms with E-state index in [1.807, 2.05) is 25.1 Å². The Labute approximate surface area is 143 Å². The van der Waals surface area contributed by atoms with E-state index in [9.17, 15) is 4.79 Å². The minimum absolute atomic E-state index is 0.263. The average Bonchev–Trinajstić information content (AvgIpc) is 3.11. The fourth-order valence-electron chi connectivity index (χ4n) is 2.10. The van der Waals surface area contributed by atoms with Gasteiger partial charge >= 0.3 is 0 Å². The lowest BCUT2D eigenvalue weighted by Gasteiger charge is -2.10. The summed E-state index contributed by atoms with van der Waals surface area (Å²) in [7, 11) is 0. The molecule has 0 atom stereocenters. The van der Waals surface area contributed by atoms with Crippen molar-refractivity contribution in [1.29, 1.82) is 0 Å². The molecule has 0 saturated heterocycles. The number of hydrogen-bond acceptors (Lipinski definition) is 5. The van der Waals surface area contributed by atoms with Crippen molar-refractivity contribution in [2.24, 2.45) is 0 Å². The zero-order chi connectivity index (χ0) is 16.9. The Morgan fingerprint density at radius 3 is 2.92 bits per heavy atom. The summed E-state index contributed by atoms with van der Waals surface area (Å²) >= 11 is 6.11. The van der Waals surface area contributed by atoms with Crippen LogP contribution in [0.3, 0.4) is 0 Å². The summed E-state index contributed by atoms with van der Waals surface area (Å²) < 4.78 is 5.17. The summed E-state index contributed by atoms with van der Waals surface area (Å²) in [6.45, 7) is 2.20. The van der Waals surface area contributed by atoms with Gasteiger partial charge < -0.3 is 15.1 Å². The Balaban J connectivity index is 1.71.